The van der Waals surface area contributed by atoms with Gasteiger partial charge in [-0.25, -0.2) is 0 Å². The van der Waals surface area contributed by atoms with Crippen molar-refractivity contribution in [2.45, 2.75) is 44.9 Å². The summed E-state index contributed by atoms with van der Waals surface area (Å²) in [6.45, 7) is 7.44. The largest absolute Gasteiger partial charge is 0.376 e. The fourth-order valence-corrected chi connectivity index (χ4v) is 4.32. The van der Waals surface area contributed by atoms with Crippen LogP contribution in [0.15, 0.2) is 42.5 Å². The monoisotopic (exact) mass is 396 g/mol. The number of nitrogens with zero attached hydrogens (tertiary/aromatic N) is 2. The van der Waals surface area contributed by atoms with Crippen molar-refractivity contribution >= 4 is 16.7 Å². The van der Waals surface area contributed by atoms with Crippen LogP contribution in [0.5, 0.6) is 0 Å². The van der Waals surface area contributed by atoms with Gasteiger partial charge in [0.2, 0.25) is 0 Å². The zero-order valence-corrected chi connectivity index (χ0v) is 17.4. The van der Waals surface area contributed by atoms with Gasteiger partial charge in [0.25, 0.3) is 5.91 Å². The van der Waals surface area contributed by atoms with Crippen molar-refractivity contribution in [3.8, 4) is 0 Å². The van der Waals surface area contributed by atoms with Crippen LogP contribution in [0.1, 0.15) is 31.7 Å². The van der Waals surface area contributed by atoms with E-state index in [0.717, 1.165) is 52.2 Å². The Morgan fingerprint density at radius 3 is 2.69 bits per heavy atom. The molecule has 2 aliphatic heterocycles. The van der Waals surface area contributed by atoms with E-state index in [9.17, 15) is 4.79 Å². The van der Waals surface area contributed by atoms with E-state index < -0.39 is 6.10 Å². The molecule has 2 heterocycles. The van der Waals surface area contributed by atoms with Gasteiger partial charge in [0.15, 0.2) is 0 Å². The van der Waals surface area contributed by atoms with Gasteiger partial charge in [0.1, 0.15) is 6.10 Å². The molecule has 5 heteroatoms. The minimum Gasteiger partial charge on any atom is -0.376 e. The Morgan fingerprint density at radius 1 is 1.10 bits per heavy atom. The molecule has 0 aliphatic carbocycles. The van der Waals surface area contributed by atoms with Crippen LogP contribution < -0.4 is 0 Å². The molecule has 156 valence electrons. The summed E-state index contributed by atoms with van der Waals surface area (Å²) in [5, 5.41) is 2.60. The number of carbonyl (C=O) groups excluding carboxylic acids is 1. The molecule has 2 unspecified atom stereocenters. The molecule has 2 atom stereocenters. The standard InChI is InChI=1S/C24H32N2O3/c1-19(29-18-22-10-4-5-16-28-22)24(27)26-14-12-25(13-15-26)17-21-9-6-8-20-7-2-3-11-23(20)21/h2-3,6-9,11,19,22H,4-5,10,12-18H2,1H3. The van der Waals surface area contributed by atoms with E-state index in [2.05, 4.69) is 47.4 Å². The lowest BCUT2D eigenvalue weighted by molar-refractivity contribution is -0.147. The Bertz CT molecular complexity index is 805. The molecule has 0 bridgehead atoms. The van der Waals surface area contributed by atoms with Crippen LogP contribution in [-0.4, -0.2) is 67.3 Å². The Balaban J connectivity index is 1.25. The molecular formula is C24H32N2O3. The number of fused-ring (bicyclic) bond motifs is 1. The maximum Gasteiger partial charge on any atom is 0.251 e. The predicted octanol–water partition coefficient (Wildman–Crippen LogP) is 3.46. The third-order valence-electron chi connectivity index (χ3n) is 6.11. The zero-order valence-electron chi connectivity index (χ0n) is 17.4. The number of hydrogen-bond donors (Lipinski definition) is 0. The summed E-state index contributed by atoms with van der Waals surface area (Å²) in [6.07, 6.45) is 3.11. The first-order valence-corrected chi connectivity index (χ1v) is 10.9. The summed E-state index contributed by atoms with van der Waals surface area (Å²) in [7, 11) is 0. The summed E-state index contributed by atoms with van der Waals surface area (Å²) in [5.74, 6) is 0.102. The molecule has 2 saturated heterocycles. The van der Waals surface area contributed by atoms with Crippen LogP contribution in [0.3, 0.4) is 0 Å². The van der Waals surface area contributed by atoms with Gasteiger partial charge >= 0.3 is 0 Å². The van der Waals surface area contributed by atoms with Gasteiger partial charge in [-0.3, -0.25) is 9.69 Å². The Morgan fingerprint density at radius 2 is 1.90 bits per heavy atom. The average Bonchev–Trinajstić information content (AvgIpc) is 2.78. The Kier molecular flexibility index (Phi) is 6.80. The van der Waals surface area contributed by atoms with E-state index >= 15 is 0 Å². The zero-order chi connectivity index (χ0) is 20.1. The van der Waals surface area contributed by atoms with Crippen molar-refractivity contribution in [3.63, 3.8) is 0 Å². The van der Waals surface area contributed by atoms with E-state index in [4.69, 9.17) is 9.47 Å². The second-order valence-corrected chi connectivity index (χ2v) is 8.20. The molecule has 5 nitrogen and oxygen atoms in total. The van der Waals surface area contributed by atoms with Crippen LogP contribution in [0.25, 0.3) is 10.8 Å². The van der Waals surface area contributed by atoms with E-state index in [1.807, 2.05) is 11.8 Å². The number of ether oxygens (including phenoxy) is 2. The van der Waals surface area contributed by atoms with E-state index in [1.54, 1.807) is 0 Å². The minimum absolute atomic E-state index is 0.102. The summed E-state index contributed by atoms with van der Waals surface area (Å²) >= 11 is 0. The number of rotatable bonds is 6. The molecule has 0 saturated carbocycles. The maximum atomic E-state index is 12.8. The molecule has 2 aromatic rings. The third-order valence-corrected chi connectivity index (χ3v) is 6.11. The molecule has 2 aliphatic rings. The van der Waals surface area contributed by atoms with E-state index in [1.165, 1.54) is 22.8 Å². The van der Waals surface area contributed by atoms with Crippen molar-refractivity contribution in [2.75, 3.05) is 39.4 Å². The van der Waals surface area contributed by atoms with Crippen molar-refractivity contribution in [1.29, 1.82) is 0 Å². The van der Waals surface area contributed by atoms with Crippen LogP contribution in [0.4, 0.5) is 0 Å². The second kappa shape index (κ2) is 9.70. The van der Waals surface area contributed by atoms with Crippen molar-refractivity contribution < 1.29 is 14.3 Å². The highest BCUT2D eigenvalue weighted by molar-refractivity contribution is 5.85. The maximum absolute atomic E-state index is 12.8. The minimum atomic E-state index is -0.398. The lowest BCUT2D eigenvalue weighted by atomic mass is 10.0. The first-order valence-electron chi connectivity index (χ1n) is 10.9. The van der Waals surface area contributed by atoms with Crippen molar-refractivity contribution in [2.24, 2.45) is 0 Å². The molecule has 2 fully saturated rings. The first kappa shape index (κ1) is 20.3. The molecule has 29 heavy (non-hydrogen) atoms. The van der Waals surface area contributed by atoms with Gasteiger partial charge in [-0.05, 0) is 42.5 Å². The normalized spacial score (nSPS) is 22.0. The third kappa shape index (κ3) is 5.16. The van der Waals surface area contributed by atoms with Gasteiger partial charge in [-0.15, -0.1) is 0 Å². The lowest BCUT2D eigenvalue weighted by Gasteiger charge is -2.36. The second-order valence-electron chi connectivity index (χ2n) is 8.20. The number of hydrogen-bond acceptors (Lipinski definition) is 4. The molecule has 2 aromatic carbocycles. The highest BCUT2D eigenvalue weighted by Crippen LogP contribution is 2.21. The lowest BCUT2D eigenvalue weighted by Crippen LogP contribution is -2.51. The Labute approximate surface area is 173 Å². The highest BCUT2D eigenvalue weighted by atomic mass is 16.5. The average molecular weight is 397 g/mol. The van der Waals surface area contributed by atoms with Crippen LogP contribution >= 0.6 is 0 Å². The fourth-order valence-electron chi connectivity index (χ4n) is 4.32. The van der Waals surface area contributed by atoms with Gasteiger partial charge < -0.3 is 14.4 Å². The van der Waals surface area contributed by atoms with Crippen molar-refractivity contribution in [1.82, 2.24) is 9.80 Å². The molecular weight excluding hydrogens is 364 g/mol. The summed E-state index contributed by atoms with van der Waals surface area (Å²) in [6, 6.07) is 15.0. The number of piperazine rings is 1. The number of benzene rings is 2. The molecule has 4 rings (SSSR count). The first-order chi connectivity index (χ1) is 14.2. The van der Waals surface area contributed by atoms with Gasteiger partial charge in [0.05, 0.1) is 12.7 Å². The fraction of sp³-hybridized carbons (Fsp3) is 0.542. The number of carbonyl (C=O) groups is 1. The number of amides is 1. The predicted molar refractivity (Wildman–Crippen MR) is 115 cm³/mol. The molecule has 0 spiro atoms. The Hall–Kier alpha value is -1.95. The summed E-state index contributed by atoms with van der Waals surface area (Å²) < 4.78 is 11.5. The molecule has 1 amide bonds. The SMILES string of the molecule is CC(OCC1CCCCO1)C(=O)N1CCN(Cc2cccc3ccccc23)CC1. The van der Waals surface area contributed by atoms with Gasteiger partial charge in [0, 0.05) is 39.3 Å². The molecule has 0 radical (unpaired) electrons. The van der Waals surface area contributed by atoms with E-state index in [-0.39, 0.29) is 12.0 Å². The summed E-state index contributed by atoms with van der Waals surface area (Å²) in [5.41, 5.74) is 1.35. The van der Waals surface area contributed by atoms with Crippen LogP contribution in [0.2, 0.25) is 0 Å². The van der Waals surface area contributed by atoms with Gasteiger partial charge in [-0.1, -0.05) is 42.5 Å². The molecule has 0 N–H and O–H groups in total. The summed E-state index contributed by atoms with van der Waals surface area (Å²) in [4.78, 5) is 17.1. The van der Waals surface area contributed by atoms with Crippen LogP contribution in [0, 0.1) is 0 Å². The van der Waals surface area contributed by atoms with E-state index in [0.29, 0.717) is 6.61 Å². The highest BCUT2D eigenvalue weighted by Gasteiger charge is 2.26. The smallest absolute Gasteiger partial charge is 0.251 e. The van der Waals surface area contributed by atoms with Crippen LogP contribution in [-0.2, 0) is 20.8 Å². The van der Waals surface area contributed by atoms with Gasteiger partial charge in [-0.2, -0.15) is 0 Å². The molecule has 0 aromatic heterocycles. The topological polar surface area (TPSA) is 42.0 Å². The quantitative estimate of drug-likeness (QED) is 0.750. The van der Waals surface area contributed by atoms with Crippen molar-refractivity contribution in [3.05, 3.63) is 48.0 Å².